The van der Waals surface area contributed by atoms with Crippen molar-refractivity contribution in [2.24, 2.45) is 21.7 Å². The molecule has 1 aliphatic rings. The molecule has 2 aromatic rings. The summed E-state index contributed by atoms with van der Waals surface area (Å²) in [6.07, 6.45) is 3.31. The highest BCUT2D eigenvalue weighted by Crippen LogP contribution is 2.61. The standard InChI is InChI=1S/C28H38NOP/c1-8-25(31(22-16-12-10-13-17-22)23-18-14-11-15-19-23)28(9-2,27(5,6)7)26-29-24(20-30-26)21(3)4/h8,10-19,21,24H,9,20H2,1-7H3/b25-8+. The summed E-state index contributed by atoms with van der Waals surface area (Å²) < 4.78 is 6.43. The van der Waals surface area contributed by atoms with E-state index < -0.39 is 7.92 Å². The number of aliphatic imine (C=N–C) groups is 1. The van der Waals surface area contributed by atoms with Gasteiger partial charge in [-0.3, -0.25) is 0 Å². The zero-order chi connectivity index (χ0) is 22.6. The molecule has 1 heterocycles. The molecule has 0 spiro atoms. The van der Waals surface area contributed by atoms with Crippen LogP contribution in [0.1, 0.15) is 54.9 Å². The molecule has 3 heteroatoms. The van der Waals surface area contributed by atoms with E-state index in [1.807, 2.05) is 0 Å². The van der Waals surface area contributed by atoms with Crippen molar-refractivity contribution < 1.29 is 4.74 Å². The SMILES string of the molecule is C/C=C(/P(c1ccccc1)c1ccccc1)C(CC)(C1=NC(C(C)C)CO1)C(C)(C)C. The first kappa shape index (κ1) is 23.7. The second kappa shape index (κ2) is 9.70. The Kier molecular flexibility index (Phi) is 7.43. The van der Waals surface area contributed by atoms with Crippen LogP contribution in [0.3, 0.4) is 0 Å². The fourth-order valence-corrected chi connectivity index (χ4v) is 7.81. The Hall–Kier alpha value is -1.92. The Morgan fingerprint density at radius 2 is 1.55 bits per heavy atom. The molecule has 0 aliphatic carbocycles. The lowest BCUT2D eigenvalue weighted by Gasteiger charge is -2.47. The van der Waals surface area contributed by atoms with E-state index in [0.29, 0.717) is 12.5 Å². The number of benzene rings is 2. The largest absolute Gasteiger partial charge is 0.478 e. The van der Waals surface area contributed by atoms with Gasteiger partial charge in [0, 0.05) is 0 Å². The number of hydrogen-bond acceptors (Lipinski definition) is 2. The monoisotopic (exact) mass is 435 g/mol. The third-order valence-electron chi connectivity index (χ3n) is 6.60. The van der Waals surface area contributed by atoms with Gasteiger partial charge in [0.1, 0.15) is 6.61 Å². The summed E-state index contributed by atoms with van der Waals surface area (Å²) in [5.41, 5.74) is -0.304. The van der Waals surface area contributed by atoms with Gasteiger partial charge in [0.2, 0.25) is 0 Å². The van der Waals surface area contributed by atoms with Gasteiger partial charge >= 0.3 is 0 Å². The highest BCUT2D eigenvalue weighted by Gasteiger charge is 2.53. The average molecular weight is 436 g/mol. The summed E-state index contributed by atoms with van der Waals surface area (Å²) in [7, 11) is -0.718. The minimum Gasteiger partial charge on any atom is -0.478 e. The van der Waals surface area contributed by atoms with Crippen molar-refractivity contribution in [3.8, 4) is 0 Å². The molecule has 0 saturated carbocycles. The lowest BCUT2D eigenvalue weighted by Crippen LogP contribution is -2.45. The van der Waals surface area contributed by atoms with Crippen molar-refractivity contribution in [2.45, 2.75) is 60.9 Å². The Morgan fingerprint density at radius 3 is 1.90 bits per heavy atom. The van der Waals surface area contributed by atoms with Crippen molar-refractivity contribution in [1.29, 1.82) is 0 Å². The van der Waals surface area contributed by atoms with E-state index in [2.05, 4.69) is 115 Å². The van der Waals surface area contributed by atoms with Crippen LogP contribution in [0, 0.1) is 16.7 Å². The van der Waals surface area contributed by atoms with Gasteiger partial charge < -0.3 is 4.74 Å². The first-order valence-electron chi connectivity index (χ1n) is 11.5. The molecule has 2 unspecified atom stereocenters. The fourth-order valence-electron chi connectivity index (χ4n) is 4.79. The lowest BCUT2D eigenvalue weighted by atomic mass is 9.64. The van der Waals surface area contributed by atoms with E-state index in [0.717, 1.165) is 12.3 Å². The van der Waals surface area contributed by atoms with Crippen molar-refractivity contribution in [3.63, 3.8) is 0 Å². The van der Waals surface area contributed by atoms with Crippen LogP contribution >= 0.6 is 7.92 Å². The van der Waals surface area contributed by atoms with Crippen LogP contribution in [0.15, 0.2) is 77.0 Å². The highest BCUT2D eigenvalue weighted by molar-refractivity contribution is 7.76. The number of nitrogens with zero attached hydrogens (tertiary/aromatic N) is 1. The first-order chi connectivity index (χ1) is 14.8. The summed E-state index contributed by atoms with van der Waals surface area (Å²) in [4.78, 5) is 5.20. The Labute approximate surface area is 190 Å². The summed E-state index contributed by atoms with van der Waals surface area (Å²) in [6.45, 7) is 16.7. The maximum atomic E-state index is 6.43. The second-order valence-electron chi connectivity index (χ2n) is 9.75. The molecule has 0 saturated heterocycles. The van der Waals surface area contributed by atoms with Gasteiger partial charge in [-0.2, -0.15) is 0 Å². The zero-order valence-electron chi connectivity index (χ0n) is 20.2. The van der Waals surface area contributed by atoms with Crippen molar-refractivity contribution in [3.05, 3.63) is 72.1 Å². The van der Waals surface area contributed by atoms with Crippen LogP contribution in [0.25, 0.3) is 0 Å². The number of hydrogen-bond donors (Lipinski definition) is 0. The third-order valence-corrected chi connectivity index (χ3v) is 9.35. The fraction of sp³-hybridized carbons (Fsp3) is 0.464. The van der Waals surface area contributed by atoms with Gasteiger partial charge in [0.25, 0.3) is 0 Å². The molecule has 0 amide bonds. The van der Waals surface area contributed by atoms with E-state index in [-0.39, 0.29) is 16.9 Å². The predicted molar refractivity (Wildman–Crippen MR) is 137 cm³/mol. The molecule has 2 nitrogen and oxygen atoms in total. The van der Waals surface area contributed by atoms with Gasteiger partial charge in [0.15, 0.2) is 5.90 Å². The summed E-state index contributed by atoms with van der Waals surface area (Å²) in [5.74, 6) is 1.42. The zero-order valence-corrected chi connectivity index (χ0v) is 21.1. The Balaban J connectivity index is 2.26. The molecule has 31 heavy (non-hydrogen) atoms. The van der Waals surface area contributed by atoms with E-state index in [1.165, 1.54) is 15.9 Å². The Bertz CT molecular complexity index is 872. The first-order valence-corrected chi connectivity index (χ1v) is 12.9. The second-order valence-corrected chi connectivity index (χ2v) is 11.9. The van der Waals surface area contributed by atoms with Crippen LogP contribution in [0.4, 0.5) is 0 Å². The predicted octanol–water partition coefficient (Wildman–Crippen LogP) is 6.92. The van der Waals surface area contributed by atoms with Crippen LogP contribution in [-0.4, -0.2) is 18.5 Å². The van der Waals surface area contributed by atoms with Crippen LogP contribution in [-0.2, 0) is 4.74 Å². The summed E-state index contributed by atoms with van der Waals surface area (Å²) in [6, 6.07) is 22.2. The molecular formula is C28H38NOP. The molecule has 0 bridgehead atoms. The van der Waals surface area contributed by atoms with Crippen molar-refractivity contribution in [2.75, 3.05) is 6.61 Å². The van der Waals surface area contributed by atoms with Crippen molar-refractivity contribution in [1.82, 2.24) is 0 Å². The molecule has 0 N–H and O–H groups in total. The molecule has 0 fully saturated rings. The number of ether oxygens (including phenoxy) is 1. The molecule has 166 valence electrons. The van der Waals surface area contributed by atoms with Crippen LogP contribution in [0.2, 0.25) is 0 Å². The van der Waals surface area contributed by atoms with Gasteiger partial charge in [-0.15, -0.1) is 0 Å². The van der Waals surface area contributed by atoms with E-state index in [4.69, 9.17) is 9.73 Å². The molecular weight excluding hydrogens is 397 g/mol. The van der Waals surface area contributed by atoms with Crippen LogP contribution in [0.5, 0.6) is 0 Å². The maximum absolute atomic E-state index is 6.43. The highest BCUT2D eigenvalue weighted by atomic mass is 31.1. The minimum atomic E-state index is -0.718. The summed E-state index contributed by atoms with van der Waals surface area (Å²) >= 11 is 0. The summed E-state index contributed by atoms with van der Waals surface area (Å²) in [5, 5.41) is 4.19. The van der Waals surface area contributed by atoms with Gasteiger partial charge in [-0.1, -0.05) is 108 Å². The van der Waals surface area contributed by atoms with Gasteiger partial charge in [0.05, 0.1) is 11.5 Å². The number of allylic oxidation sites excluding steroid dienone is 1. The molecule has 2 atom stereocenters. The minimum absolute atomic E-state index is 0.0432. The lowest BCUT2D eigenvalue weighted by molar-refractivity contribution is 0.167. The third kappa shape index (κ3) is 4.51. The molecule has 1 aliphatic heterocycles. The van der Waals surface area contributed by atoms with Crippen molar-refractivity contribution >= 4 is 24.4 Å². The average Bonchev–Trinajstić information content (AvgIpc) is 3.25. The molecule has 3 rings (SSSR count). The normalized spacial score (nSPS) is 19.3. The molecule has 0 aromatic heterocycles. The van der Waals surface area contributed by atoms with Gasteiger partial charge in [-0.25, -0.2) is 4.99 Å². The topological polar surface area (TPSA) is 21.6 Å². The molecule has 2 aromatic carbocycles. The van der Waals surface area contributed by atoms with E-state index >= 15 is 0 Å². The smallest absolute Gasteiger partial charge is 0.195 e. The van der Waals surface area contributed by atoms with E-state index in [9.17, 15) is 0 Å². The van der Waals surface area contributed by atoms with Gasteiger partial charge in [-0.05, 0) is 48.5 Å². The quantitative estimate of drug-likeness (QED) is 0.433. The number of rotatable bonds is 7. The van der Waals surface area contributed by atoms with E-state index in [1.54, 1.807) is 0 Å². The maximum Gasteiger partial charge on any atom is 0.195 e. The Morgan fingerprint density at radius 1 is 1.03 bits per heavy atom. The van der Waals surface area contributed by atoms with Crippen LogP contribution < -0.4 is 10.6 Å². The molecule has 0 radical (unpaired) electrons.